The van der Waals surface area contributed by atoms with E-state index in [2.05, 4.69) is 14.9 Å². The average molecular weight is 324 g/mol. The van der Waals surface area contributed by atoms with E-state index in [0.717, 1.165) is 0 Å². The third kappa shape index (κ3) is 2.84. The first-order chi connectivity index (χ1) is 9.94. The molecule has 1 aromatic carbocycles. The van der Waals surface area contributed by atoms with Crippen LogP contribution in [0.1, 0.15) is 5.76 Å². The Bertz CT molecular complexity index is 921. The molecule has 6 nitrogen and oxygen atoms in total. The Morgan fingerprint density at radius 3 is 2.71 bits per heavy atom. The zero-order chi connectivity index (χ0) is 15.0. The van der Waals surface area contributed by atoms with Crippen LogP contribution in [0.5, 0.6) is 0 Å². The second-order valence-corrected chi connectivity index (χ2v) is 6.49. The zero-order valence-corrected chi connectivity index (χ0v) is 12.4. The molecule has 2 heterocycles. The molecule has 21 heavy (non-hydrogen) atoms. The molecule has 0 unspecified atom stereocenters. The minimum atomic E-state index is -3.73. The first-order valence-electron chi connectivity index (χ1n) is 5.96. The first-order valence-corrected chi connectivity index (χ1v) is 7.83. The molecule has 0 aliphatic carbocycles. The van der Waals surface area contributed by atoms with Crippen LogP contribution in [0.4, 0.5) is 5.82 Å². The van der Waals surface area contributed by atoms with Crippen molar-refractivity contribution in [3.63, 3.8) is 0 Å². The van der Waals surface area contributed by atoms with Gasteiger partial charge in [0, 0.05) is 11.5 Å². The zero-order valence-electron chi connectivity index (χ0n) is 10.9. The van der Waals surface area contributed by atoms with Crippen LogP contribution in [0.2, 0.25) is 5.15 Å². The maximum absolute atomic E-state index is 12.3. The molecule has 3 aromatic rings. The van der Waals surface area contributed by atoms with Crippen molar-refractivity contribution in [3.05, 3.63) is 47.3 Å². The third-order valence-electron chi connectivity index (χ3n) is 2.80. The fourth-order valence-electron chi connectivity index (χ4n) is 1.86. The summed E-state index contributed by atoms with van der Waals surface area (Å²) in [4.78, 5) is 4.22. The Labute approximate surface area is 125 Å². The third-order valence-corrected chi connectivity index (χ3v) is 4.37. The molecule has 0 aliphatic heterocycles. The summed E-state index contributed by atoms with van der Waals surface area (Å²) in [7, 11) is -3.73. The molecule has 3 rings (SSSR count). The number of fused-ring (bicyclic) bond motifs is 1. The molecule has 1 N–H and O–H groups in total. The van der Waals surface area contributed by atoms with Gasteiger partial charge in [-0.25, -0.2) is 13.4 Å². The number of hydrogen-bond donors (Lipinski definition) is 1. The van der Waals surface area contributed by atoms with Crippen molar-refractivity contribution >= 4 is 38.3 Å². The van der Waals surface area contributed by atoms with E-state index in [1.54, 1.807) is 25.1 Å². The van der Waals surface area contributed by atoms with Gasteiger partial charge in [0.1, 0.15) is 10.9 Å². The van der Waals surface area contributed by atoms with Crippen LogP contribution in [0.15, 0.2) is 45.8 Å². The van der Waals surface area contributed by atoms with Crippen LogP contribution in [-0.4, -0.2) is 18.6 Å². The number of pyridine rings is 1. The van der Waals surface area contributed by atoms with Crippen LogP contribution in [0.3, 0.4) is 0 Å². The van der Waals surface area contributed by atoms with Crippen molar-refractivity contribution in [1.82, 2.24) is 10.1 Å². The standard InChI is InChI=1S/C13H10ClN3O3S/c1-8-6-13(16-20-8)17-21(18,19)10-3-4-11-9(7-10)2-5-12(14)15-11/h2-7H,1H3,(H,16,17). The number of rotatable bonds is 3. The molecule has 8 heteroatoms. The number of nitrogens with zero attached hydrogens (tertiary/aromatic N) is 2. The summed E-state index contributed by atoms with van der Waals surface area (Å²) in [5, 5.41) is 4.64. The normalized spacial score (nSPS) is 11.7. The predicted molar refractivity (Wildman–Crippen MR) is 78.8 cm³/mol. The van der Waals surface area contributed by atoms with Crippen molar-refractivity contribution in [2.75, 3.05) is 4.72 Å². The highest BCUT2D eigenvalue weighted by Crippen LogP contribution is 2.21. The minimum Gasteiger partial charge on any atom is -0.360 e. The van der Waals surface area contributed by atoms with Gasteiger partial charge in [0.25, 0.3) is 10.0 Å². The maximum atomic E-state index is 12.3. The van der Waals surface area contributed by atoms with Gasteiger partial charge >= 0.3 is 0 Å². The summed E-state index contributed by atoms with van der Waals surface area (Å²) in [5.41, 5.74) is 0.624. The molecule has 0 atom stereocenters. The first kappa shape index (κ1) is 13.8. The highest BCUT2D eigenvalue weighted by atomic mass is 35.5. The van der Waals surface area contributed by atoms with E-state index < -0.39 is 10.0 Å². The van der Waals surface area contributed by atoms with E-state index in [1.807, 2.05) is 0 Å². The molecule has 0 fully saturated rings. The number of hydrogen-bond acceptors (Lipinski definition) is 5. The van der Waals surface area contributed by atoms with Gasteiger partial charge < -0.3 is 4.52 Å². The number of nitrogens with one attached hydrogen (secondary N) is 1. The Morgan fingerprint density at radius 1 is 1.19 bits per heavy atom. The van der Waals surface area contributed by atoms with E-state index >= 15 is 0 Å². The van der Waals surface area contributed by atoms with Crippen LogP contribution in [0, 0.1) is 6.92 Å². The molecule has 0 amide bonds. The van der Waals surface area contributed by atoms with Crippen LogP contribution in [-0.2, 0) is 10.0 Å². The number of sulfonamides is 1. The van der Waals surface area contributed by atoms with Crippen LogP contribution in [0.25, 0.3) is 10.9 Å². The molecule has 2 aromatic heterocycles. The van der Waals surface area contributed by atoms with E-state index in [1.165, 1.54) is 18.2 Å². The molecule has 0 saturated carbocycles. The van der Waals surface area contributed by atoms with E-state index in [-0.39, 0.29) is 10.7 Å². The van der Waals surface area contributed by atoms with Gasteiger partial charge in [0.2, 0.25) is 0 Å². The molecule has 0 bridgehead atoms. The second-order valence-electron chi connectivity index (χ2n) is 4.42. The summed E-state index contributed by atoms with van der Waals surface area (Å²) in [6, 6.07) is 9.40. The minimum absolute atomic E-state index is 0.111. The number of aromatic nitrogens is 2. The predicted octanol–water partition coefficient (Wildman–Crippen LogP) is 2.99. The molecule has 0 radical (unpaired) electrons. The van der Waals surface area contributed by atoms with E-state index in [4.69, 9.17) is 16.1 Å². The summed E-state index contributed by atoms with van der Waals surface area (Å²) in [6.07, 6.45) is 0. The second kappa shape index (κ2) is 5.01. The number of benzene rings is 1. The lowest BCUT2D eigenvalue weighted by Crippen LogP contribution is -2.13. The number of aryl methyl sites for hydroxylation is 1. The average Bonchev–Trinajstić information content (AvgIpc) is 2.82. The maximum Gasteiger partial charge on any atom is 0.263 e. The molecule has 0 aliphatic rings. The summed E-state index contributed by atoms with van der Waals surface area (Å²) < 4.78 is 31.7. The Kier molecular flexibility index (Phi) is 3.30. The van der Waals surface area contributed by atoms with Gasteiger partial charge in [-0.1, -0.05) is 16.8 Å². The smallest absolute Gasteiger partial charge is 0.263 e. The largest absolute Gasteiger partial charge is 0.360 e. The van der Waals surface area contributed by atoms with Crippen molar-refractivity contribution < 1.29 is 12.9 Å². The number of halogens is 1. The van der Waals surface area contributed by atoms with Gasteiger partial charge in [-0.3, -0.25) is 4.72 Å². The number of anilines is 1. The van der Waals surface area contributed by atoms with Gasteiger partial charge in [0.15, 0.2) is 5.82 Å². The monoisotopic (exact) mass is 323 g/mol. The Hall–Kier alpha value is -2.12. The molecular weight excluding hydrogens is 314 g/mol. The highest BCUT2D eigenvalue weighted by molar-refractivity contribution is 7.92. The molecule has 108 valence electrons. The lowest BCUT2D eigenvalue weighted by molar-refractivity contribution is 0.400. The fourth-order valence-corrected chi connectivity index (χ4v) is 3.03. The summed E-state index contributed by atoms with van der Waals surface area (Å²) in [5.74, 6) is 0.659. The lowest BCUT2D eigenvalue weighted by Gasteiger charge is -2.06. The van der Waals surface area contributed by atoms with Crippen molar-refractivity contribution in [2.24, 2.45) is 0 Å². The topological polar surface area (TPSA) is 85.1 Å². The molecule has 0 spiro atoms. The summed E-state index contributed by atoms with van der Waals surface area (Å²) >= 11 is 5.80. The Morgan fingerprint density at radius 2 is 2.00 bits per heavy atom. The fraction of sp³-hybridized carbons (Fsp3) is 0.0769. The molecule has 0 saturated heterocycles. The van der Waals surface area contributed by atoms with Gasteiger partial charge in [-0.2, -0.15) is 0 Å². The molecular formula is C13H10ClN3O3S. The Balaban J connectivity index is 2.00. The van der Waals surface area contributed by atoms with Crippen molar-refractivity contribution in [2.45, 2.75) is 11.8 Å². The van der Waals surface area contributed by atoms with Crippen molar-refractivity contribution in [3.8, 4) is 0 Å². The van der Waals surface area contributed by atoms with Crippen molar-refractivity contribution in [1.29, 1.82) is 0 Å². The van der Waals surface area contributed by atoms with Crippen LogP contribution < -0.4 is 4.72 Å². The summed E-state index contributed by atoms with van der Waals surface area (Å²) in [6.45, 7) is 1.68. The van der Waals surface area contributed by atoms with E-state index in [9.17, 15) is 8.42 Å². The lowest BCUT2D eigenvalue weighted by atomic mass is 10.2. The van der Waals surface area contributed by atoms with Gasteiger partial charge in [-0.15, -0.1) is 0 Å². The van der Waals surface area contributed by atoms with Gasteiger partial charge in [0.05, 0.1) is 10.4 Å². The highest BCUT2D eigenvalue weighted by Gasteiger charge is 2.16. The van der Waals surface area contributed by atoms with Gasteiger partial charge in [-0.05, 0) is 37.3 Å². The van der Waals surface area contributed by atoms with E-state index in [0.29, 0.717) is 21.8 Å². The van der Waals surface area contributed by atoms with Crippen LogP contribution >= 0.6 is 11.6 Å². The SMILES string of the molecule is Cc1cc(NS(=O)(=O)c2ccc3nc(Cl)ccc3c2)no1. The quantitative estimate of drug-likeness (QED) is 0.749.